The van der Waals surface area contributed by atoms with Crippen molar-refractivity contribution in [1.82, 2.24) is 4.90 Å². The molecule has 0 bridgehead atoms. The van der Waals surface area contributed by atoms with Gasteiger partial charge < -0.3 is 4.90 Å². The highest BCUT2D eigenvalue weighted by Crippen LogP contribution is 2.05. The molecule has 1 atom stereocenters. The minimum absolute atomic E-state index is 0.363. The van der Waals surface area contributed by atoms with E-state index in [1.165, 1.54) is 25.1 Å². The van der Waals surface area contributed by atoms with Crippen molar-refractivity contribution in [3.63, 3.8) is 0 Å². The maximum atomic E-state index is 2.36. The van der Waals surface area contributed by atoms with Crippen molar-refractivity contribution in [1.29, 1.82) is 0 Å². The summed E-state index contributed by atoms with van der Waals surface area (Å²) in [5.41, 5.74) is 0. The largest absolute Gasteiger partial charge is 0.312 e. The first-order chi connectivity index (χ1) is 5.20. The first-order valence-electron chi connectivity index (χ1n) is 4.85. The lowest BCUT2D eigenvalue weighted by Crippen LogP contribution is -2.28. The molecule has 0 spiro atoms. The summed E-state index contributed by atoms with van der Waals surface area (Å²) >= 11 is 0. The molecule has 0 aliphatic carbocycles. The summed E-state index contributed by atoms with van der Waals surface area (Å²) in [7, 11) is 4.03. The van der Waals surface area contributed by atoms with Crippen LogP contribution in [0.25, 0.3) is 0 Å². The van der Waals surface area contributed by atoms with Gasteiger partial charge in [0.1, 0.15) is 0 Å². The third-order valence-corrected chi connectivity index (χ3v) is 5.79. The Morgan fingerprint density at radius 3 is 2.18 bits per heavy atom. The van der Waals surface area contributed by atoms with E-state index in [9.17, 15) is 0 Å². The van der Waals surface area contributed by atoms with E-state index in [1.807, 2.05) is 0 Å². The van der Waals surface area contributed by atoms with Gasteiger partial charge in [-0.25, -0.2) is 0 Å². The first-order valence-corrected chi connectivity index (χ1v) is 7.30. The van der Waals surface area contributed by atoms with E-state index in [1.54, 1.807) is 6.04 Å². The fourth-order valence-corrected chi connectivity index (χ4v) is 4.30. The highest BCUT2D eigenvalue weighted by molar-refractivity contribution is 6.58. The molecular formula is C9H23NSi. The molecule has 1 nitrogen and oxygen atoms in total. The molecule has 68 valence electrons. The number of nitrogens with zero attached hydrogens (tertiary/aromatic N) is 1. The van der Waals surface area contributed by atoms with Crippen molar-refractivity contribution in [3.05, 3.63) is 0 Å². The monoisotopic (exact) mass is 173 g/mol. The zero-order valence-electron chi connectivity index (χ0n) is 8.56. The molecule has 0 aromatic carbocycles. The number of hydrogen-bond acceptors (Lipinski definition) is 1. The average molecular weight is 173 g/mol. The van der Waals surface area contributed by atoms with Crippen LogP contribution in [0.3, 0.4) is 0 Å². The van der Waals surface area contributed by atoms with Crippen LogP contribution in [0, 0.1) is 0 Å². The van der Waals surface area contributed by atoms with Crippen molar-refractivity contribution in [2.45, 2.75) is 38.8 Å². The number of unbranched alkanes of at least 4 members (excludes halogenated alkanes) is 1. The van der Waals surface area contributed by atoms with Gasteiger partial charge in [-0.3, -0.25) is 0 Å². The van der Waals surface area contributed by atoms with Crippen LogP contribution in [0.15, 0.2) is 0 Å². The molecule has 1 unspecified atom stereocenters. The van der Waals surface area contributed by atoms with Gasteiger partial charge in [0.15, 0.2) is 0 Å². The smallest absolute Gasteiger partial charge is 0.0527 e. The Bertz CT molecular complexity index is 83.6. The van der Waals surface area contributed by atoms with Crippen LogP contribution < -0.4 is 0 Å². The number of rotatable bonds is 6. The third kappa shape index (κ3) is 6.57. The van der Waals surface area contributed by atoms with E-state index >= 15 is 0 Å². The normalized spacial score (nSPS) is 13.9. The third-order valence-electron chi connectivity index (χ3n) is 2.17. The fraction of sp³-hybridized carbons (Fsp3) is 1.00. The van der Waals surface area contributed by atoms with Crippen LogP contribution >= 0.6 is 0 Å². The highest BCUT2D eigenvalue weighted by atomic mass is 28.3. The second-order valence-corrected chi connectivity index (χ2v) is 7.17. The van der Waals surface area contributed by atoms with E-state index in [0.717, 1.165) is 0 Å². The summed E-state index contributed by atoms with van der Waals surface area (Å²) in [4.78, 5) is 2.36. The quantitative estimate of drug-likeness (QED) is 0.556. The van der Waals surface area contributed by atoms with Crippen LogP contribution in [0.2, 0.25) is 12.1 Å². The van der Waals surface area contributed by atoms with Crippen molar-refractivity contribution in [2.24, 2.45) is 0 Å². The van der Waals surface area contributed by atoms with Gasteiger partial charge in [-0.2, -0.15) is 0 Å². The molecule has 0 N–H and O–H groups in total. The zero-order valence-corrected chi connectivity index (χ0v) is 9.71. The number of hydrogen-bond donors (Lipinski definition) is 0. The topological polar surface area (TPSA) is 3.24 Å². The van der Waals surface area contributed by atoms with Crippen molar-refractivity contribution >= 4 is 8.80 Å². The first kappa shape index (κ1) is 11.2. The molecule has 11 heavy (non-hydrogen) atoms. The summed E-state index contributed by atoms with van der Waals surface area (Å²) in [5, 5.41) is 0. The van der Waals surface area contributed by atoms with Gasteiger partial charge in [0.25, 0.3) is 0 Å². The van der Waals surface area contributed by atoms with E-state index in [2.05, 4.69) is 32.8 Å². The van der Waals surface area contributed by atoms with Crippen LogP contribution in [0.5, 0.6) is 0 Å². The van der Waals surface area contributed by atoms with Crippen LogP contribution in [0.1, 0.15) is 26.7 Å². The molecule has 2 heteroatoms. The second-order valence-electron chi connectivity index (χ2n) is 3.68. The Labute approximate surface area is 73.4 Å². The predicted octanol–water partition coefficient (Wildman–Crippen LogP) is 2.13. The average Bonchev–Trinajstić information content (AvgIpc) is 1.97. The summed E-state index contributed by atoms with van der Waals surface area (Å²) in [5.74, 6) is 0. The van der Waals surface area contributed by atoms with E-state index < -0.39 is 0 Å². The van der Waals surface area contributed by atoms with Gasteiger partial charge in [0.05, 0.1) is 8.80 Å². The summed E-state index contributed by atoms with van der Waals surface area (Å²) in [6.45, 7) is 4.65. The minimum atomic E-state index is -0.363. The molecule has 0 saturated carbocycles. The van der Waals surface area contributed by atoms with Gasteiger partial charge in [-0.15, -0.1) is 0 Å². The summed E-state index contributed by atoms with van der Waals surface area (Å²) in [6, 6.07) is 3.02. The summed E-state index contributed by atoms with van der Waals surface area (Å²) < 4.78 is 0. The Morgan fingerprint density at radius 1 is 1.18 bits per heavy atom. The van der Waals surface area contributed by atoms with Crippen molar-refractivity contribution in [3.8, 4) is 0 Å². The standard InChI is InChI=1S/C9H23NSi/c1-5-7-8-11(6-2)9-10(3)4/h11H,5-9H2,1-4H3. The molecule has 0 aliphatic heterocycles. The predicted molar refractivity (Wildman–Crippen MR) is 55.9 cm³/mol. The van der Waals surface area contributed by atoms with Gasteiger partial charge in [0.2, 0.25) is 0 Å². The highest BCUT2D eigenvalue weighted by Gasteiger charge is 2.07. The van der Waals surface area contributed by atoms with Crippen molar-refractivity contribution in [2.75, 3.05) is 20.3 Å². The molecule has 0 rings (SSSR count). The Hall–Kier alpha value is 0.177. The second kappa shape index (κ2) is 6.86. The van der Waals surface area contributed by atoms with E-state index in [-0.39, 0.29) is 8.80 Å². The zero-order chi connectivity index (χ0) is 8.69. The van der Waals surface area contributed by atoms with Gasteiger partial charge in [-0.05, 0) is 20.3 Å². The molecule has 0 aromatic rings. The van der Waals surface area contributed by atoms with Crippen LogP contribution in [-0.4, -0.2) is 34.0 Å². The molecule has 0 saturated heterocycles. The molecule has 0 aromatic heterocycles. The van der Waals surface area contributed by atoms with Crippen LogP contribution in [-0.2, 0) is 0 Å². The van der Waals surface area contributed by atoms with Gasteiger partial charge in [-0.1, -0.05) is 38.8 Å². The van der Waals surface area contributed by atoms with E-state index in [0.29, 0.717) is 0 Å². The molecule has 0 amide bonds. The molecular weight excluding hydrogens is 150 g/mol. The van der Waals surface area contributed by atoms with Gasteiger partial charge in [0, 0.05) is 0 Å². The Morgan fingerprint density at radius 2 is 1.82 bits per heavy atom. The maximum absolute atomic E-state index is 2.36. The SMILES string of the molecule is CCCC[SiH](CC)CN(C)C. The lowest BCUT2D eigenvalue weighted by Gasteiger charge is -2.17. The lowest BCUT2D eigenvalue weighted by atomic mass is 10.4. The fourth-order valence-electron chi connectivity index (χ4n) is 1.43. The Balaban J connectivity index is 3.41. The Kier molecular flexibility index (Phi) is 6.97. The molecule has 0 fully saturated rings. The van der Waals surface area contributed by atoms with E-state index in [4.69, 9.17) is 0 Å². The molecule has 0 heterocycles. The van der Waals surface area contributed by atoms with Gasteiger partial charge >= 0.3 is 0 Å². The van der Waals surface area contributed by atoms with Crippen molar-refractivity contribution < 1.29 is 0 Å². The maximum Gasteiger partial charge on any atom is 0.0527 e. The minimum Gasteiger partial charge on any atom is -0.312 e. The molecule has 0 aliphatic rings. The lowest BCUT2D eigenvalue weighted by molar-refractivity contribution is 0.472. The summed E-state index contributed by atoms with van der Waals surface area (Å²) in [6.07, 6.45) is 4.23. The van der Waals surface area contributed by atoms with Crippen LogP contribution in [0.4, 0.5) is 0 Å². The molecule has 0 radical (unpaired) electrons.